The molecule has 1 spiro atoms. The van der Waals surface area contributed by atoms with Crippen LogP contribution in [-0.2, 0) is 4.79 Å². The molecule has 0 bridgehead atoms. The Balaban J connectivity index is 0.00000112. The highest BCUT2D eigenvalue weighted by Gasteiger charge is 2.49. The lowest BCUT2D eigenvalue weighted by atomic mass is 9.86. The van der Waals surface area contributed by atoms with E-state index in [2.05, 4.69) is 28.7 Å². The average molecular weight is 322 g/mol. The van der Waals surface area contributed by atoms with Crippen LogP contribution in [0.15, 0.2) is 36.6 Å². The van der Waals surface area contributed by atoms with E-state index in [0.717, 1.165) is 31.6 Å². The molecule has 2 heterocycles. The van der Waals surface area contributed by atoms with Gasteiger partial charge in [-0.25, -0.2) is 0 Å². The van der Waals surface area contributed by atoms with Crippen molar-refractivity contribution in [3.63, 3.8) is 0 Å². The summed E-state index contributed by atoms with van der Waals surface area (Å²) in [6.45, 7) is 16.6. The molecule has 1 N–H and O–H groups in total. The van der Waals surface area contributed by atoms with Crippen LogP contribution in [0.2, 0.25) is 0 Å². The van der Waals surface area contributed by atoms with Crippen molar-refractivity contribution >= 4 is 5.91 Å². The lowest BCUT2D eigenvalue weighted by Crippen LogP contribution is -2.54. The van der Waals surface area contributed by atoms with Crippen LogP contribution in [0.4, 0.5) is 0 Å². The topological polar surface area (TPSA) is 35.6 Å². The summed E-state index contributed by atoms with van der Waals surface area (Å²) in [5.41, 5.74) is 0.519. The van der Waals surface area contributed by atoms with Crippen molar-refractivity contribution in [1.82, 2.24) is 15.1 Å². The molecule has 132 valence electrons. The van der Waals surface area contributed by atoms with Crippen molar-refractivity contribution in [3.05, 3.63) is 36.6 Å². The zero-order valence-corrected chi connectivity index (χ0v) is 15.9. The Kier molecular flexibility index (Phi) is 10.3. The Morgan fingerprint density at radius 3 is 2.26 bits per heavy atom. The minimum Gasteiger partial charge on any atom is -0.340 e. The molecule has 0 unspecified atom stereocenters. The zero-order valence-electron chi connectivity index (χ0n) is 15.9. The lowest BCUT2D eigenvalue weighted by molar-refractivity contribution is -0.128. The predicted molar refractivity (Wildman–Crippen MR) is 100 cm³/mol. The highest BCUT2D eigenvalue weighted by Crippen LogP contribution is 2.34. The molecule has 1 amide bonds. The number of hydrogen-bond donors (Lipinski definition) is 1. The Bertz CT molecular complexity index is 418. The predicted octanol–water partition coefficient (Wildman–Crippen LogP) is 3.54. The van der Waals surface area contributed by atoms with Crippen LogP contribution in [0.3, 0.4) is 0 Å². The minimum absolute atomic E-state index is 0.154. The molecule has 0 saturated carbocycles. The number of carbonyl (C=O) groups excluding carboxylic acids is 1. The maximum Gasteiger partial charge on any atom is 0.247 e. The van der Waals surface area contributed by atoms with Crippen molar-refractivity contribution in [2.24, 2.45) is 0 Å². The van der Waals surface area contributed by atoms with E-state index in [-0.39, 0.29) is 11.4 Å². The molecule has 0 aromatic heterocycles. The van der Waals surface area contributed by atoms with Crippen molar-refractivity contribution < 1.29 is 4.79 Å². The molecule has 2 aliphatic heterocycles. The molecule has 0 atom stereocenters. The molecule has 0 radical (unpaired) electrons. The van der Waals surface area contributed by atoms with Gasteiger partial charge in [0.2, 0.25) is 5.91 Å². The van der Waals surface area contributed by atoms with Crippen LogP contribution in [0.25, 0.3) is 0 Å². The Morgan fingerprint density at radius 1 is 1.17 bits per heavy atom. The smallest absolute Gasteiger partial charge is 0.247 e. The Labute approximate surface area is 142 Å². The summed E-state index contributed by atoms with van der Waals surface area (Å²) in [4.78, 5) is 16.7. The molecule has 2 saturated heterocycles. The van der Waals surface area contributed by atoms with Gasteiger partial charge in [-0.3, -0.25) is 4.79 Å². The van der Waals surface area contributed by atoms with Crippen LogP contribution in [0.5, 0.6) is 0 Å². The summed E-state index contributed by atoms with van der Waals surface area (Å²) in [5, 5.41) is 2.97. The molecule has 4 heteroatoms. The first kappa shape index (κ1) is 21.4. The van der Waals surface area contributed by atoms with E-state index in [1.54, 1.807) is 0 Å². The quantitative estimate of drug-likeness (QED) is 0.808. The fourth-order valence-electron chi connectivity index (χ4n) is 2.82. The molecule has 0 aromatic carbocycles. The molecule has 0 aromatic rings. The van der Waals surface area contributed by atoms with Gasteiger partial charge in [0.15, 0.2) is 0 Å². The average Bonchev–Trinajstić information content (AvgIpc) is 2.91. The summed E-state index contributed by atoms with van der Waals surface area (Å²) in [7, 11) is 2.10. The van der Waals surface area contributed by atoms with Crippen molar-refractivity contribution in [2.45, 2.75) is 53.0 Å². The van der Waals surface area contributed by atoms with Crippen molar-refractivity contribution in [2.75, 3.05) is 26.8 Å². The van der Waals surface area contributed by atoms with Crippen LogP contribution in [0.1, 0.15) is 47.5 Å². The largest absolute Gasteiger partial charge is 0.340 e. The second kappa shape index (κ2) is 11.1. The maximum atomic E-state index is 12.3. The fourth-order valence-corrected chi connectivity index (χ4v) is 2.82. The van der Waals surface area contributed by atoms with Gasteiger partial charge in [0.25, 0.3) is 0 Å². The van der Waals surface area contributed by atoms with E-state index in [9.17, 15) is 4.79 Å². The van der Waals surface area contributed by atoms with Crippen molar-refractivity contribution in [1.29, 1.82) is 0 Å². The lowest BCUT2D eigenvalue weighted by Gasteiger charge is -2.42. The van der Waals surface area contributed by atoms with Crippen LogP contribution >= 0.6 is 0 Å². The second-order valence-corrected chi connectivity index (χ2v) is 5.30. The minimum atomic E-state index is -0.385. The molecular formula is C19H35N3O. The first-order valence-corrected chi connectivity index (χ1v) is 8.83. The first-order valence-electron chi connectivity index (χ1n) is 8.83. The summed E-state index contributed by atoms with van der Waals surface area (Å²) < 4.78 is 0. The van der Waals surface area contributed by atoms with Gasteiger partial charge in [-0.2, -0.15) is 0 Å². The number of amides is 1. The summed E-state index contributed by atoms with van der Waals surface area (Å²) >= 11 is 0. The van der Waals surface area contributed by atoms with E-state index in [4.69, 9.17) is 0 Å². The zero-order chi connectivity index (χ0) is 17.9. The number of carbonyl (C=O) groups is 1. The number of nitrogens with zero attached hydrogens (tertiary/aromatic N) is 2. The molecule has 2 fully saturated rings. The number of likely N-dealkylation sites (tertiary alicyclic amines) is 1. The number of piperidine rings is 1. The van der Waals surface area contributed by atoms with E-state index in [1.165, 1.54) is 0 Å². The van der Waals surface area contributed by atoms with E-state index in [0.29, 0.717) is 6.67 Å². The van der Waals surface area contributed by atoms with Gasteiger partial charge in [0, 0.05) is 18.8 Å². The van der Waals surface area contributed by atoms with Gasteiger partial charge < -0.3 is 15.1 Å². The number of rotatable bonds is 3. The molecule has 0 aliphatic carbocycles. The summed E-state index contributed by atoms with van der Waals surface area (Å²) in [6, 6.07) is 0. The third kappa shape index (κ3) is 5.24. The number of nitrogens with one attached hydrogen (secondary N) is 1. The van der Waals surface area contributed by atoms with Crippen molar-refractivity contribution in [3.8, 4) is 0 Å². The molecule has 2 rings (SSSR count). The number of allylic oxidation sites excluding steroid dienone is 4. The standard InChI is InChI=1S/C15H23N3O.2C2H6/c1-4-5-6-7-13(2)18-12-16-14(19)15(18)8-10-17(3)11-9-15;2*1-2/h4-7H,2,8-12H2,1,3H3,(H,16,19);2*1-2H3/b5-4-,7-6-;;. The second-order valence-electron chi connectivity index (χ2n) is 5.30. The normalized spacial score (nSPS) is 20.1. The highest BCUT2D eigenvalue weighted by molar-refractivity contribution is 5.88. The highest BCUT2D eigenvalue weighted by atomic mass is 16.2. The van der Waals surface area contributed by atoms with Crippen LogP contribution in [-0.4, -0.2) is 48.1 Å². The van der Waals surface area contributed by atoms with Gasteiger partial charge in [-0.1, -0.05) is 52.5 Å². The van der Waals surface area contributed by atoms with Gasteiger partial charge in [-0.05, 0) is 32.9 Å². The summed E-state index contributed by atoms with van der Waals surface area (Å²) in [6.07, 6.45) is 9.62. The molecular weight excluding hydrogens is 286 g/mol. The van der Waals surface area contributed by atoms with E-state index >= 15 is 0 Å². The number of hydrogen-bond acceptors (Lipinski definition) is 3. The van der Waals surface area contributed by atoms with Gasteiger partial charge in [-0.15, -0.1) is 0 Å². The molecule has 2 aliphatic rings. The van der Waals surface area contributed by atoms with E-state index in [1.807, 2.05) is 58.9 Å². The third-order valence-corrected chi connectivity index (χ3v) is 4.09. The SMILES string of the molecule is C=C(/C=C\C=C/C)N1CNC(=O)C12CCN(C)CC2.CC.CC. The van der Waals surface area contributed by atoms with E-state index < -0.39 is 0 Å². The first-order chi connectivity index (χ1) is 11.1. The summed E-state index contributed by atoms with van der Waals surface area (Å²) in [5.74, 6) is 0.154. The third-order valence-electron chi connectivity index (χ3n) is 4.09. The monoisotopic (exact) mass is 321 g/mol. The van der Waals surface area contributed by atoms with Crippen LogP contribution in [0, 0.1) is 0 Å². The Morgan fingerprint density at radius 2 is 1.74 bits per heavy atom. The maximum absolute atomic E-state index is 12.3. The van der Waals surface area contributed by atoms with Gasteiger partial charge in [0.1, 0.15) is 5.54 Å². The Hall–Kier alpha value is -1.55. The van der Waals surface area contributed by atoms with Gasteiger partial charge in [0.05, 0.1) is 6.67 Å². The van der Waals surface area contributed by atoms with Gasteiger partial charge >= 0.3 is 0 Å². The van der Waals surface area contributed by atoms with Crippen LogP contribution < -0.4 is 5.32 Å². The molecule has 23 heavy (non-hydrogen) atoms. The fraction of sp³-hybridized carbons (Fsp3) is 0.632. The molecule has 4 nitrogen and oxygen atoms in total.